The first kappa shape index (κ1) is 10.1. The summed E-state index contributed by atoms with van der Waals surface area (Å²) < 4.78 is 0. The molecule has 11 heavy (non-hydrogen) atoms. The lowest BCUT2D eigenvalue weighted by atomic mass is 9.97. The van der Waals surface area contributed by atoms with Crippen molar-refractivity contribution in [3.05, 3.63) is 0 Å². The zero-order valence-corrected chi connectivity index (χ0v) is 7.09. The number of carbonyl (C=O) groups excluding carboxylic acids is 2. The van der Waals surface area contributed by atoms with E-state index in [-0.39, 0.29) is 5.78 Å². The van der Waals surface area contributed by atoms with E-state index in [0.717, 1.165) is 6.42 Å². The fraction of sp³-hybridized carbons (Fsp3) is 0.750. The van der Waals surface area contributed by atoms with E-state index in [0.29, 0.717) is 12.8 Å². The van der Waals surface area contributed by atoms with Gasteiger partial charge in [-0.2, -0.15) is 0 Å². The van der Waals surface area contributed by atoms with Crippen LogP contribution in [0.25, 0.3) is 0 Å². The van der Waals surface area contributed by atoms with Gasteiger partial charge in [0, 0.05) is 6.42 Å². The van der Waals surface area contributed by atoms with Gasteiger partial charge in [0.15, 0.2) is 0 Å². The lowest BCUT2D eigenvalue weighted by Crippen LogP contribution is -2.29. The van der Waals surface area contributed by atoms with Crippen molar-refractivity contribution in [2.24, 2.45) is 11.7 Å². The molecular formula is C8H15NO2. The first-order valence-corrected chi connectivity index (χ1v) is 3.95. The molecule has 0 fully saturated rings. The predicted molar refractivity (Wildman–Crippen MR) is 42.9 cm³/mol. The smallest absolute Gasteiger partial charge is 0.227 e. The highest BCUT2D eigenvalue weighted by molar-refractivity contribution is 6.00. The fourth-order valence-electron chi connectivity index (χ4n) is 1.01. The summed E-state index contributed by atoms with van der Waals surface area (Å²) in [6.45, 7) is 3.70. The highest BCUT2D eigenvalue weighted by Crippen LogP contribution is 2.07. The molecule has 0 aromatic rings. The summed E-state index contributed by atoms with van der Waals surface area (Å²) in [5.74, 6) is -1.08. The van der Waals surface area contributed by atoms with Gasteiger partial charge in [0.2, 0.25) is 5.91 Å². The van der Waals surface area contributed by atoms with Crippen LogP contribution in [0.15, 0.2) is 0 Å². The van der Waals surface area contributed by atoms with Crippen LogP contribution < -0.4 is 5.73 Å². The van der Waals surface area contributed by atoms with Gasteiger partial charge in [0.25, 0.3) is 0 Å². The number of hydrogen-bond donors (Lipinski definition) is 1. The number of ketones is 1. The minimum atomic E-state index is -0.560. The maximum Gasteiger partial charge on any atom is 0.227 e. The number of Topliss-reactive ketones (excluding diaryl/α,β-unsaturated/α-hetero) is 1. The van der Waals surface area contributed by atoms with Gasteiger partial charge >= 0.3 is 0 Å². The van der Waals surface area contributed by atoms with Crippen molar-refractivity contribution >= 4 is 11.7 Å². The molecule has 3 heteroatoms. The molecule has 64 valence electrons. The normalized spacial score (nSPS) is 12.5. The second kappa shape index (κ2) is 4.88. The van der Waals surface area contributed by atoms with E-state index in [1.807, 2.05) is 6.92 Å². The minimum Gasteiger partial charge on any atom is -0.369 e. The van der Waals surface area contributed by atoms with E-state index < -0.39 is 11.8 Å². The Bertz CT molecular complexity index is 154. The van der Waals surface area contributed by atoms with Crippen molar-refractivity contribution in [3.63, 3.8) is 0 Å². The molecule has 0 saturated carbocycles. The molecule has 3 nitrogen and oxygen atoms in total. The molecule has 0 bridgehead atoms. The van der Waals surface area contributed by atoms with Crippen LogP contribution in [0.3, 0.4) is 0 Å². The lowest BCUT2D eigenvalue weighted by Gasteiger charge is -2.07. The predicted octanol–water partition coefficient (Wildman–Crippen LogP) is 0.867. The van der Waals surface area contributed by atoms with Gasteiger partial charge in [-0.05, 0) is 12.8 Å². The monoisotopic (exact) mass is 157 g/mol. The summed E-state index contributed by atoms with van der Waals surface area (Å²) in [4.78, 5) is 21.8. The molecule has 0 aliphatic heterocycles. The second-order valence-electron chi connectivity index (χ2n) is 2.58. The van der Waals surface area contributed by atoms with Gasteiger partial charge in [-0.15, -0.1) is 0 Å². The maximum atomic E-state index is 11.1. The lowest BCUT2D eigenvalue weighted by molar-refractivity contribution is -0.132. The van der Waals surface area contributed by atoms with Gasteiger partial charge in [-0.3, -0.25) is 9.59 Å². The number of hydrogen-bond acceptors (Lipinski definition) is 2. The van der Waals surface area contributed by atoms with Gasteiger partial charge in [0.1, 0.15) is 5.78 Å². The Hall–Kier alpha value is -0.860. The Labute approximate surface area is 67.0 Å². The first-order chi connectivity index (χ1) is 5.13. The van der Waals surface area contributed by atoms with Gasteiger partial charge in [0.05, 0.1) is 5.92 Å². The molecule has 0 aromatic heterocycles. The van der Waals surface area contributed by atoms with Crippen LogP contribution in [0.1, 0.15) is 33.1 Å². The first-order valence-electron chi connectivity index (χ1n) is 3.95. The van der Waals surface area contributed by atoms with Crippen molar-refractivity contribution in [2.75, 3.05) is 0 Å². The standard InChI is InChI=1S/C8H15NO2/c1-3-5-7(10)6(4-2)8(9)11/h6H,3-5H2,1-2H3,(H2,9,11). The molecule has 0 saturated heterocycles. The molecule has 1 atom stereocenters. The van der Waals surface area contributed by atoms with Crippen molar-refractivity contribution in [1.82, 2.24) is 0 Å². The summed E-state index contributed by atoms with van der Waals surface area (Å²) in [6.07, 6.45) is 1.76. The minimum absolute atomic E-state index is 0.0255. The van der Waals surface area contributed by atoms with E-state index in [1.54, 1.807) is 6.92 Å². The van der Waals surface area contributed by atoms with Crippen molar-refractivity contribution in [1.29, 1.82) is 0 Å². The molecule has 0 aliphatic carbocycles. The van der Waals surface area contributed by atoms with Crippen LogP contribution in [0.4, 0.5) is 0 Å². The van der Waals surface area contributed by atoms with Crippen molar-refractivity contribution in [3.8, 4) is 0 Å². The van der Waals surface area contributed by atoms with Gasteiger partial charge in [-0.1, -0.05) is 13.8 Å². The SMILES string of the molecule is CCCC(=O)C(CC)C(N)=O. The molecule has 0 radical (unpaired) electrons. The Morgan fingerprint density at radius 2 is 1.91 bits per heavy atom. The molecule has 0 aliphatic rings. The number of nitrogens with two attached hydrogens (primary N) is 1. The van der Waals surface area contributed by atoms with Crippen LogP contribution in [-0.2, 0) is 9.59 Å². The average molecular weight is 157 g/mol. The highest BCUT2D eigenvalue weighted by atomic mass is 16.2. The average Bonchev–Trinajstić information content (AvgIpc) is 1.88. The van der Waals surface area contributed by atoms with E-state index in [2.05, 4.69) is 0 Å². The van der Waals surface area contributed by atoms with E-state index >= 15 is 0 Å². The number of rotatable bonds is 5. The van der Waals surface area contributed by atoms with Gasteiger partial charge < -0.3 is 5.73 Å². The van der Waals surface area contributed by atoms with Crippen LogP contribution in [-0.4, -0.2) is 11.7 Å². The van der Waals surface area contributed by atoms with Crippen LogP contribution in [0, 0.1) is 5.92 Å². The van der Waals surface area contributed by atoms with Crippen molar-refractivity contribution in [2.45, 2.75) is 33.1 Å². The maximum absolute atomic E-state index is 11.1. The molecule has 0 aromatic carbocycles. The fourth-order valence-corrected chi connectivity index (χ4v) is 1.01. The molecule has 0 spiro atoms. The quantitative estimate of drug-likeness (QED) is 0.602. The third-order valence-electron chi connectivity index (χ3n) is 1.64. The molecule has 1 unspecified atom stereocenters. The van der Waals surface area contributed by atoms with E-state index in [1.165, 1.54) is 0 Å². The molecule has 2 N–H and O–H groups in total. The third kappa shape index (κ3) is 3.16. The third-order valence-corrected chi connectivity index (χ3v) is 1.64. The second-order valence-corrected chi connectivity index (χ2v) is 2.58. The zero-order valence-electron chi connectivity index (χ0n) is 7.09. The van der Waals surface area contributed by atoms with Crippen LogP contribution in [0.5, 0.6) is 0 Å². The topological polar surface area (TPSA) is 60.2 Å². The highest BCUT2D eigenvalue weighted by Gasteiger charge is 2.20. The van der Waals surface area contributed by atoms with Crippen LogP contribution >= 0.6 is 0 Å². The molecular weight excluding hydrogens is 142 g/mol. The summed E-state index contributed by atoms with van der Waals surface area (Å²) in [7, 11) is 0. The Balaban J connectivity index is 4.03. The zero-order chi connectivity index (χ0) is 8.85. The largest absolute Gasteiger partial charge is 0.369 e. The number of primary amides is 1. The molecule has 1 amide bonds. The summed E-state index contributed by atoms with van der Waals surface area (Å²) >= 11 is 0. The summed E-state index contributed by atoms with van der Waals surface area (Å²) in [5, 5.41) is 0. The summed E-state index contributed by atoms with van der Waals surface area (Å²) in [5.41, 5.74) is 5.02. The van der Waals surface area contributed by atoms with Crippen molar-refractivity contribution < 1.29 is 9.59 Å². The number of amides is 1. The van der Waals surface area contributed by atoms with Gasteiger partial charge in [-0.25, -0.2) is 0 Å². The Morgan fingerprint density at radius 1 is 1.36 bits per heavy atom. The molecule has 0 rings (SSSR count). The summed E-state index contributed by atoms with van der Waals surface area (Å²) in [6, 6.07) is 0. The van der Waals surface area contributed by atoms with E-state index in [9.17, 15) is 9.59 Å². The molecule has 0 heterocycles. The number of carbonyl (C=O) groups is 2. The van der Waals surface area contributed by atoms with Crippen LogP contribution in [0.2, 0.25) is 0 Å². The Morgan fingerprint density at radius 3 is 2.18 bits per heavy atom. The van der Waals surface area contributed by atoms with E-state index in [4.69, 9.17) is 5.73 Å². The Kier molecular flexibility index (Phi) is 4.50.